The lowest BCUT2D eigenvalue weighted by Gasteiger charge is -2.24. The lowest BCUT2D eigenvalue weighted by molar-refractivity contribution is -0.131. The van der Waals surface area contributed by atoms with Crippen molar-refractivity contribution in [2.45, 2.75) is 30.2 Å². The van der Waals surface area contributed by atoms with Crippen LogP contribution in [0.15, 0.2) is 53.4 Å². The minimum atomic E-state index is -3.94. The van der Waals surface area contributed by atoms with E-state index in [1.54, 1.807) is 4.90 Å². The minimum Gasteiger partial charge on any atom is -0.493 e. The fourth-order valence-electron chi connectivity index (χ4n) is 3.43. The topological polar surface area (TPSA) is 84.9 Å². The lowest BCUT2D eigenvalue weighted by Crippen LogP contribution is -2.48. The van der Waals surface area contributed by atoms with E-state index >= 15 is 0 Å². The summed E-state index contributed by atoms with van der Waals surface area (Å²) < 4.78 is 39.1. The van der Waals surface area contributed by atoms with Crippen molar-refractivity contribution in [1.82, 2.24) is 9.62 Å². The van der Waals surface area contributed by atoms with Crippen molar-refractivity contribution < 1.29 is 22.7 Å². The molecular formula is C21H26N2O5S. The molecule has 1 atom stereocenters. The molecule has 1 aliphatic heterocycles. The van der Waals surface area contributed by atoms with Crippen LogP contribution in [-0.2, 0) is 21.2 Å². The molecule has 1 aliphatic rings. The minimum absolute atomic E-state index is 0.0161. The van der Waals surface area contributed by atoms with Crippen LogP contribution in [0.1, 0.15) is 18.4 Å². The fourth-order valence-corrected chi connectivity index (χ4v) is 4.63. The highest BCUT2D eigenvalue weighted by molar-refractivity contribution is 7.89. The van der Waals surface area contributed by atoms with Crippen LogP contribution >= 0.6 is 0 Å². The number of sulfonamides is 1. The summed E-state index contributed by atoms with van der Waals surface area (Å²) in [7, 11) is -1.02. The molecule has 0 aliphatic carbocycles. The van der Waals surface area contributed by atoms with Gasteiger partial charge in [-0.15, -0.1) is 0 Å². The maximum Gasteiger partial charge on any atom is 0.241 e. The molecular weight excluding hydrogens is 392 g/mol. The third-order valence-corrected chi connectivity index (χ3v) is 6.43. The van der Waals surface area contributed by atoms with Crippen molar-refractivity contribution in [3.05, 3.63) is 54.1 Å². The van der Waals surface area contributed by atoms with Crippen LogP contribution in [0.5, 0.6) is 11.5 Å². The van der Waals surface area contributed by atoms with Crippen LogP contribution in [0.3, 0.4) is 0 Å². The van der Waals surface area contributed by atoms with Gasteiger partial charge in [0.25, 0.3) is 0 Å². The van der Waals surface area contributed by atoms with E-state index in [9.17, 15) is 13.2 Å². The molecule has 29 heavy (non-hydrogen) atoms. The lowest BCUT2D eigenvalue weighted by atomic mass is 10.1. The van der Waals surface area contributed by atoms with Crippen LogP contribution in [0.25, 0.3) is 0 Å². The van der Waals surface area contributed by atoms with Gasteiger partial charge in [-0.3, -0.25) is 4.79 Å². The summed E-state index contributed by atoms with van der Waals surface area (Å²) in [5, 5.41) is 0. The van der Waals surface area contributed by atoms with Gasteiger partial charge in [0.15, 0.2) is 11.5 Å². The summed E-state index contributed by atoms with van der Waals surface area (Å²) in [6.07, 6.45) is 2.15. The Morgan fingerprint density at radius 3 is 2.31 bits per heavy atom. The summed E-state index contributed by atoms with van der Waals surface area (Å²) in [6.45, 7) is 1.31. The highest BCUT2D eigenvalue weighted by Gasteiger charge is 2.31. The number of ether oxygens (including phenoxy) is 2. The van der Waals surface area contributed by atoms with E-state index in [-0.39, 0.29) is 17.2 Å². The predicted molar refractivity (Wildman–Crippen MR) is 110 cm³/mol. The normalized spacial score (nSPS) is 15.2. The van der Waals surface area contributed by atoms with E-state index in [1.807, 2.05) is 30.3 Å². The zero-order valence-electron chi connectivity index (χ0n) is 16.6. The van der Waals surface area contributed by atoms with Gasteiger partial charge >= 0.3 is 0 Å². The summed E-state index contributed by atoms with van der Waals surface area (Å²) in [6, 6.07) is 12.9. The first-order valence-corrected chi connectivity index (χ1v) is 11.0. The predicted octanol–water partition coefficient (Wildman–Crippen LogP) is 2.22. The molecule has 7 nitrogen and oxygen atoms in total. The van der Waals surface area contributed by atoms with Gasteiger partial charge in [0.1, 0.15) is 6.04 Å². The summed E-state index contributed by atoms with van der Waals surface area (Å²) in [5.41, 5.74) is 0.889. The zero-order valence-corrected chi connectivity index (χ0v) is 17.4. The standard InChI is InChI=1S/C21H26N2O5S/c1-27-19-11-10-17(15-20(19)28-2)29(25,26)22-18(14-16-8-4-3-5-9-16)21(24)23-12-6-7-13-23/h3-5,8-11,15,18,22H,6-7,12-14H2,1-2H3/t18-/m1/s1. The monoisotopic (exact) mass is 418 g/mol. The second-order valence-electron chi connectivity index (χ2n) is 6.91. The van der Waals surface area contributed by atoms with Gasteiger partial charge in [0.05, 0.1) is 19.1 Å². The van der Waals surface area contributed by atoms with Gasteiger partial charge in [-0.25, -0.2) is 8.42 Å². The van der Waals surface area contributed by atoms with Crippen molar-refractivity contribution in [3.63, 3.8) is 0 Å². The van der Waals surface area contributed by atoms with Gasteiger partial charge < -0.3 is 14.4 Å². The number of hydrogen-bond donors (Lipinski definition) is 1. The Balaban J connectivity index is 1.88. The molecule has 0 aromatic heterocycles. The molecule has 0 unspecified atom stereocenters. The van der Waals surface area contributed by atoms with Crippen LogP contribution in [0, 0.1) is 0 Å². The number of amides is 1. The Kier molecular flexibility index (Phi) is 6.76. The Morgan fingerprint density at radius 2 is 1.69 bits per heavy atom. The van der Waals surface area contributed by atoms with Gasteiger partial charge in [0, 0.05) is 19.2 Å². The molecule has 0 spiro atoms. The second kappa shape index (κ2) is 9.28. The molecule has 3 rings (SSSR count). The molecule has 1 heterocycles. The fraction of sp³-hybridized carbons (Fsp3) is 0.381. The SMILES string of the molecule is COc1ccc(S(=O)(=O)N[C@H](Cc2ccccc2)C(=O)N2CCCC2)cc1OC. The van der Waals surface area contributed by atoms with E-state index in [4.69, 9.17) is 9.47 Å². The molecule has 0 bridgehead atoms. The van der Waals surface area contributed by atoms with Gasteiger partial charge in [-0.1, -0.05) is 30.3 Å². The Labute approximate surface area is 171 Å². The number of carbonyl (C=O) groups excluding carboxylic acids is 1. The van der Waals surface area contributed by atoms with Gasteiger partial charge in [0.2, 0.25) is 15.9 Å². The average molecular weight is 419 g/mol. The molecule has 1 N–H and O–H groups in total. The third-order valence-electron chi connectivity index (χ3n) is 4.96. The van der Waals surface area contributed by atoms with Crippen molar-refractivity contribution in [1.29, 1.82) is 0 Å². The number of nitrogens with zero attached hydrogens (tertiary/aromatic N) is 1. The number of carbonyl (C=O) groups is 1. The number of nitrogens with one attached hydrogen (secondary N) is 1. The number of likely N-dealkylation sites (tertiary alicyclic amines) is 1. The van der Waals surface area contributed by atoms with Gasteiger partial charge in [-0.05, 0) is 37.0 Å². The molecule has 2 aromatic rings. The van der Waals surface area contributed by atoms with Crippen molar-refractivity contribution >= 4 is 15.9 Å². The van der Waals surface area contributed by atoms with Crippen molar-refractivity contribution in [2.24, 2.45) is 0 Å². The number of rotatable bonds is 8. The van der Waals surface area contributed by atoms with E-state index in [0.29, 0.717) is 24.6 Å². The second-order valence-corrected chi connectivity index (χ2v) is 8.63. The van der Waals surface area contributed by atoms with E-state index in [0.717, 1.165) is 18.4 Å². The Hall–Kier alpha value is -2.58. The highest BCUT2D eigenvalue weighted by atomic mass is 32.2. The maximum absolute atomic E-state index is 13.0. The van der Waals surface area contributed by atoms with Crippen molar-refractivity contribution in [2.75, 3.05) is 27.3 Å². The first-order valence-electron chi connectivity index (χ1n) is 9.51. The molecule has 0 saturated carbocycles. The summed E-state index contributed by atoms with van der Waals surface area (Å²) in [4.78, 5) is 14.8. The maximum atomic E-state index is 13.0. The van der Waals surface area contributed by atoms with E-state index in [1.165, 1.54) is 32.4 Å². The third kappa shape index (κ3) is 5.07. The molecule has 1 fully saturated rings. The summed E-state index contributed by atoms with van der Waals surface area (Å²) >= 11 is 0. The Bertz CT molecular complexity index is 941. The smallest absolute Gasteiger partial charge is 0.241 e. The van der Waals surface area contributed by atoms with E-state index < -0.39 is 16.1 Å². The molecule has 156 valence electrons. The first-order chi connectivity index (χ1) is 13.9. The molecule has 0 radical (unpaired) electrons. The summed E-state index contributed by atoms with van der Waals surface area (Å²) in [5.74, 6) is 0.539. The van der Waals surface area contributed by atoms with Crippen molar-refractivity contribution in [3.8, 4) is 11.5 Å². The largest absolute Gasteiger partial charge is 0.493 e. The first kappa shape index (κ1) is 21.1. The van der Waals surface area contributed by atoms with Crippen LogP contribution in [0.2, 0.25) is 0 Å². The molecule has 1 saturated heterocycles. The van der Waals surface area contributed by atoms with Crippen LogP contribution in [0.4, 0.5) is 0 Å². The zero-order chi connectivity index (χ0) is 20.9. The molecule has 2 aromatic carbocycles. The average Bonchev–Trinajstić information content (AvgIpc) is 3.27. The molecule has 1 amide bonds. The number of hydrogen-bond acceptors (Lipinski definition) is 5. The molecule has 8 heteroatoms. The quantitative estimate of drug-likeness (QED) is 0.711. The number of methoxy groups -OCH3 is 2. The van der Waals surface area contributed by atoms with Gasteiger partial charge in [-0.2, -0.15) is 4.72 Å². The number of benzene rings is 2. The van der Waals surface area contributed by atoms with Crippen LogP contribution in [-0.4, -0.2) is 52.6 Å². The Morgan fingerprint density at radius 1 is 1.03 bits per heavy atom. The highest BCUT2D eigenvalue weighted by Crippen LogP contribution is 2.29. The van der Waals surface area contributed by atoms with E-state index in [2.05, 4.69) is 4.72 Å². The van der Waals surface area contributed by atoms with Crippen LogP contribution < -0.4 is 14.2 Å².